The van der Waals surface area contributed by atoms with Crippen molar-refractivity contribution in [3.63, 3.8) is 0 Å². The summed E-state index contributed by atoms with van der Waals surface area (Å²) < 4.78 is 4.72. The molecule has 0 bridgehead atoms. The summed E-state index contributed by atoms with van der Waals surface area (Å²) in [7, 11) is 1.48. The zero-order chi connectivity index (χ0) is 8.27. The van der Waals surface area contributed by atoms with E-state index in [4.69, 9.17) is 4.74 Å². The van der Waals surface area contributed by atoms with Gasteiger partial charge in [0, 0.05) is 0 Å². The molecule has 0 aromatic rings. The van der Waals surface area contributed by atoms with Gasteiger partial charge in [-0.25, -0.2) is 0 Å². The van der Waals surface area contributed by atoms with E-state index in [1.165, 1.54) is 26.4 Å². The van der Waals surface area contributed by atoms with Crippen molar-refractivity contribution in [1.82, 2.24) is 0 Å². The molecule has 11 heavy (non-hydrogen) atoms. The maximum Gasteiger partial charge on any atom is 0.308 e. The lowest BCUT2D eigenvalue weighted by atomic mass is 9.80. The standard InChI is InChI=1S/C9H16O2/c1-7-5-3-4-6-8(7)9(10)11-2/h7-8H,3-6H2,1-2H3/t7-,8+/m0/s1. The molecule has 64 valence electrons. The van der Waals surface area contributed by atoms with Crippen LogP contribution in [0.15, 0.2) is 0 Å². The Balaban J connectivity index is 2.47. The van der Waals surface area contributed by atoms with Gasteiger partial charge in [-0.2, -0.15) is 0 Å². The topological polar surface area (TPSA) is 26.3 Å². The second-order valence-electron chi connectivity index (χ2n) is 3.39. The van der Waals surface area contributed by atoms with Gasteiger partial charge in [0.2, 0.25) is 0 Å². The number of rotatable bonds is 1. The monoisotopic (exact) mass is 156 g/mol. The Kier molecular flexibility index (Phi) is 2.92. The fraction of sp³-hybridized carbons (Fsp3) is 0.889. The molecule has 2 nitrogen and oxygen atoms in total. The minimum absolute atomic E-state index is 0.0165. The normalized spacial score (nSPS) is 31.5. The third kappa shape index (κ3) is 1.95. The summed E-state index contributed by atoms with van der Waals surface area (Å²) in [4.78, 5) is 11.2. The SMILES string of the molecule is COC(=O)[C@@H]1CCCC[C@@H]1C. The largest absolute Gasteiger partial charge is 0.469 e. The first-order valence-corrected chi connectivity index (χ1v) is 4.33. The lowest BCUT2D eigenvalue weighted by molar-refractivity contribution is -0.148. The molecule has 0 saturated heterocycles. The molecule has 1 fully saturated rings. The fourth-order valence-corrected chi connectivity index (χ4v) is 1.82. The first-order valence-electron chi connectivity index (χ1n) is 4.33. The molecule has 2 heteroatoms. The molecule has 0 amide bonds. The van der Waals surface area contributed by atoms with E-state index in [9.17, 15) is 4.79 Å². The maximum absolute atomic E-state index is 11.2. The predicted molar refractivity (Wildman–Crippen MR) is 43.1 cm³/mol. The van der Waals surface area contributed by atoms with E-state index in [0.29, 0.717) is 5.92 Å². The van der Waals surface area contributed by atoms with Crippen LogP contribution < -0.4 is 0 Å². The van der Waals surface area contributed by atoms with Crippen LogP contribution in [-0.4, -0.2) is 13.1 Å². The summed E-state index contributed by atoms with van der Waals surface area (Å²) in [5.74, 6) is 0.683. The quantitative estimate of drug-likeness (QED) is 0.543. The van der Waals surface area contributed by atoms with Crippen molar-refractivity contribution in [1.29, 1.82) is 0 Å². The van der Waals surface area contributed by atoms with Gasteiger partial charge in [-0.1, -0.05) is 19.8 Å². The molecule has 0 heterocycles. The highest BCUT2D eigenvalue weighted by atomic mass is 16.5. The van der Waals surface area contributed by atoms with Crippen LogP contribution in [0.4, 0.5) is 0 Å². The van der Waals surface area contributed by atoms with E-state index in [-0.39, 0.29) is 11.9 Å². The molecule has 0 radical (unpaired) electrons. The number of carbonyl (C=O) groups excluding carboxylic acids is 1. The van der Waals surface area contributed by atoms with Gasteiger partial charge in [-0.05, 0) is 18.8 Å². The number of hydrogen-bond donors (Lipinski definition) is 0. The average molecular weight is 156 g/mol. The van der Waals surface area contributed by atoms with Gasteiger partial charge in [-0.3, -0.25) is 4.79 Å². The van der Waals surface area contributed by atoms with Crippen LogP contribution in [-0.2, 0) is 9.53 Å². The number of esters is 1. The molecule has 1 saturated carbocycles. The minimum Gasteiger partial charge on any atom is -0.469 e. The van der Waals surface area contributed by atoms with E-state index in [0.717, 1.165) is 6.42 Å². The summed E-state index contributed by atoms with van der Waals surface area (Å²) in [6, 6.07) is 0. The van der Waals surface area contributed by atoms with Gasteiger partial charge in [0.05, 0.1) is 13.0 Å². The van der Waals surface area contributed by atoms with Crippen molar-refractivity contribution in [3.05, 3.63) is 0 Å². The summed E-state index contributed by atoms with van der Waals surface area (Å²) in [6.07, 6.45) is 4.66. The first-order chi connectivity index (χ1) is 5.25. The van der Waals surface area contributed by atoms with Crippen LogP contribution in [0, 0.1) is 11.8 Å². The summed E-state index contributed by atoms with van der Waals surface area (Å²) >= 11 is 0. The van der Waals surface area contributed by atoms with Gasteiger partial charge in [0.25, 0.3) is 0 Å². The number of methoxy groups -OCH3 is 1. The highest BCUT2D eigenvalue weighted by molar-refractivity contribution is 5.72. The lowest BCUT2D eigenvalue weighted by Crippen LogP contribution is -2.26. The van der Waals surface area contributed by atoms with Crippen molar-refractivity contribution < 1.29 is 9.53 Å². The van der Waals surface area contributed by atoms with Crippen LogP contribution in [0.2, 0.25) is 0 Å². The Hall–Kier alpha value is -0.530. The average Bonchev–Trinajstić information content (AvgIpc) is 2.04. The van der Waals surface area contributed by atoms with E-state index >= 15 is 0 Å². The molecule has 0 N–H and O–H groups in total. The van der Waals surface area contributed by atoms with Crippen LogP contribution in [0.5, 0.6) is 0 Å². The summed E-state index contributed by atoms with van der Waals surface area (Å²) in [6.45, 7) is 2.14. The Morgan fingerprint density at radius 3 is 2.55 bits per heavy atom. The molecule has 0 aromatic carbocycles. The third-order valence-corrected chi connectivity index (χ3v) is 2.62. The van der Waals surface area contributed by atoms with Crippen molar-refractivity contribution >= 4 is 5.97 Å². The van der Waals surface area contributed by atoms with Crippen molar-refractivity contribution in [2.75, 3.05) is 7.11 Å². The maximum atomic E-state index is 11.2. The van der Waals surface area contributed by atoms with Crippen LogP contribution in [0.1, 0.15) is 32.6 Å². The van der Waals surface area contributed by atoms with E-state index in [1.807, 2.05) is 0 Å². The van der Waals surface area contributed by atoms with E-state index in [1.54, 1.807) is 0 Å². The first kappa shape index (κ1) is 8.57. The lowest BCUT2D eigenvalue weighted by Gasteiger charge is -2.25. The molecule has 0 spiro atoms. The van der Waals surface area contributed by atoms with Gasteiger partial charge in [-0.15, -0.1) is 0 Å². The number of hydrogen-bond acceptors (Lipinski definition) is 2. The second-order valence-corrected chi connectivity index (χ2v) is 3.39. The van der Waals surface area contributed by atoms with Gasteiger partial charge < -0.3 is 4.74 Å². The van der Waals surface area contributed by atoms with Gasteiger partial charge >= 0.3 is 5.97 Å². The molecule has 1 aliphatic rings. The fourth-order valence-electron chi connectivity index (χ4n) is 1.82. The highest BCUT2D eigenvalue weighted by Gasteiger charge is 2.27. The smallest absolute Gasteiger partial charge is 0.308 e. The zero-order valence-electron chi connectivity index (χ0n) is 7.30. The molecular formula is C9H16O2. The molecule has 0 unspecified atom stereocenters. The Bertz CT molecular complexity index is 142. The number of ether oxygens (including phenoxy) is 1. The van der Waals surface area contributed by atoms with Gasteiger partial charge in [0.1, 0.15) is 0 Å². The zero-order valence-corrected chi connectivity index (χ0v) is 7.30. The molecular weight excluding hydrogens is 140 g/mol. The minimum atomic E-state index is -0.0165. The summed E-state index contributed by atoms with van der Waals surface area (Å²) in [5, 5.41) is 0. The molecule has 1 rings (SSSR count). The Morgan fingerprint density at radius 2 is 2.00 bits per heavy atom. The highest BCUT2D eigenvalue weighted by Crippen LogP contribution is 2.30. The van der Waals surface area contributed by atoms with Crippen molar-refractivity contribution in [3.8, 4) is 0 Å². The molecule has 1 aliphatic carbocycles. The predicted octanol–water partition coefficient (Wildman–Crippen LogP) is 1.99. The van der Waals surface area contributed by atoms with E-state index in [2.05, 4.69) is 6.92 Å². The second kappa shape index (κ2) is 3.74. The Labute approximate surface area is 67.9 Å². The van der Waals surface area contributed by atoms with Crippen LogP contribution >= 0.6 is 0 Å². The summed E-state index contributed by atoms with van der Waals surface area (Å²) in [5.41, 5.74) is 0. The molecule has 0 aliphatic heterocycles. The number of carbonyl (C=O) groups is 1. The van der Waals surface area contributed by atoms with Crippen LogP contribution in [0.3, 0.4) is 0 Å². The van der Waals surface area contributed by atoms with Crippen molar-refractivity contribution in [2.45, 2.75) is 32.6 Å². The Morgan fingerprint density at radius 1 is 1.36 bits per heavy atom. The van der Waals surface area contributed by atoms with Gasteiger partial charge in [0.15, 0.2) is 0 Å². The molecule has 2 atom stereocenters. The van der Waals surface area contributed by atoms with Crippen LogP contribution in [0.25, 0.3) is 0 Å². The van der Waals surface area contributed by atoms with E-state index < -0.39 is 0 Å². The molecule has 0 aromatic heterocycles. The van der Waals surface area contributed by atoms with Crippen molar-refractivity contribution in [2.24, 2.45) is 11.8 Å². The third-order valence-electron chi connectivity index (χ3n) is 2.62.